The Morgan fingerprint density at radius 2 is 1.64 bits per heavy atom. The van der Waals surface area contributed by atoms with Crippen LogP contribution in [0.1, 0.15) is 39.2 Å². The van der Waals surface area contributed by atoms with Crippen LogP contribution in [-0.4, -0.2) is 75.6 Å². The minimum Gasteiger partial charge on any atom is -0.394 e. The third kappa shape index (κ3) is 4.70. The Balaban J connectivity index is 1.49. The Morgan fingerprint density at radius 1 is 0.932 bits per heavy atom. The van der Waals surface area contributed by atoms with Gasteiger partial charge >= 0.3 is 0 Å². The van der Waals surface area contributed by atoms with E-state index in [9.17, 15) is 19.5 Å². The molecule has 4 aliphatic rings. The zero-order valence-electron chi connectivity index (χ0n) is 25.4. The van der Waals surface area contributed by atoms with Crippen molar-refractivity contribution in [2.75, 3.05) is 24.6 Å². The summed E-state index contributed by atoms with van der Waals surface area (Å²) < 4.78 is 7.10. The van der Waals surface area contributed by atoms with E-state index in [-0.39, 0.29) is 36.8 Å². The molecule has 2 saturated heterocycles. The van der Waals surface area contributed by atoms with Gasteiger partial charge in [-0.25, -0.2) is 0 Å². The molecule has 2 aromatic rings. The van der Waals surface area contributed by atoms with Gasteiger partial charge < -0.3 is 24.5 Å². The molecule has 0 aromatic heterocycles. The van der Waals surface area contributed by atoms with Gasteiger partial charge in [-0.3, -0.25) is 14.4 Å². The number of rotatable bonds is 8. The average Bonchev–Trinajstić information content (AvgIpc) is 3.33. The van der Waals surface area contributed by atoms with Crippen molar-refractivity contribution in [3.63, 3.8) is 0 Å². The van der Waals surface area contributed by atoms with Gasteiger partial charge in [-0.1, -0.05) is 93.4 Å². The zero-order valence-corrected chi connectivity index (χ0v) is 26.2. The van der Waals surface area contributed by atoms with E-state index in [1.807, 2.05) is 75.4 Å². The summed E-state index contributed by atoms with van der Waals surface area (Å²) in [7, 11) is 0. The summed E-state index contributed by atoms with van der Waals surface area (Å²) in [6.07, 6.45) is 8.78. The molecular weight excluding hydrogens is 578 g/mol. The Kier molecular flexibility index (Phi) is 8.20. The predicted molar refractivity (Wildman–Crippen MR) is 169 cm³/mol. The van der Waals surface area contributed by atoms with Crippen LogP contribution < -0.4 is 4.90 Å². The number of hydrogen-bond donors (Lipinski definition) is 1. The molecular formula is C35H40ClN3O5. The highest BCUT2D eigenvalue weighted by atomic mass is 35.5. The molecule has 1 N–H and O–H groups in total. The Morgan fingerprint density at radius 3 is 2.30 bits per heavy atom. The quantitative estimate of drug-likeness (QED) is 0.437. The van der Waals surface area contributed by atoms with Crippen molar-refractivity contribution < 1.29 is 24.2 Å². The maximum Gasteiger partial charge on any atom is 0.253 e. The lowest BCUT2D eigenvalue weighted by Crippen LogP contribution is -2.60. The van der Waals surface area contributed by atoms with Crippen molar-refractivity contribution in [1.29, 1.82) is 0 Å². The van der Waals surface area contributed by atoms with Gasteiger partial charge in [-0.2, -0.15) is 0 Å². The van der Waals surface area contributed by atoms with Gasteiger partial charge in [-0.15, -0.1) is 0 Å². The molecule has 1 spiro atoms. The summed E-state index contributed by atoms with van der Waals surface area (Å²) in [5.74, 6) is -2.68. The van der Waals surface area contributed by atoms with Crippen LogP contribution in [0.3, 0.4) is 0 Å². The predicted octanol–water partition coefficient (Wildman–Crippen LogP) is 4.61. The number of ether oxygens (including phenoxy) is 1. The molecule has 0 bridgehead atoms. The van der Waals surface area contributed by atoms with Crippen molar-refractivity contribution in [1.82, 2.24) is 9.80 Å². The number of anilines is 1. The largest absolute Gasteiger partial charge is 0.394 e. The van der Waals surface area contributed by atoms with Crippen LogP contribution in [0.15, 0.2) is 78.9 Å². The highest BCUT2D eigenvalue weighted by Gasteiger charge is 2.76. The maximum atomic E-state index is 14.9. The second-order valence-corrected chi connectivity index (χ2v) is 12.9. The van der Waals surface area contributed by atoms with Crippen molar-refractivity contribution in [2.45, 2.75) is 63.4 Å². The summed E-state index contributed by atoms with van der Waals surface area (Å²) in [5, 5.41) is 11.2. The van der Waals surface area contributed by atoms with E-state index in [4.69, 9.17) is 16.3 Å². The molecule has 8 nitrogen and oxygen atoms in total. The highest BCUT2D eigenvalue weighted by molar-refractivity contribution is 6.30. The molecule has 0 aliphatic carbocycles. The summed E-state index contributed by atoms with van der Waals surface area (Å²) in [6.45, 7) is 6.67. The molecule has 9 heteroatoms. The summed E-state index contributed by atoms with van der Waals surface area (Å²) in [6, 6.07) is 15.1. The maximum absolute atomic E-state index is 14.9. The van der Waals surface area contributed by atoms with Gasteiger partial charge in [0.2, 0.25) is 11.8 Å². The van der Waals surface area contributed by atoms with Gasteiger partial charge in [0.05, 0.1) is 30.1 Å². The minimum atomic E-state index is -1.40. The van der Waals surface area contributed by atoms with E-state index < -0.39 is 35.1 Å². The van der Waals surface area contributed by atoms with E-state index in [1.165, 1.54) is 0 Å². The fourth-order valence-corrected chi connectivity index (χ4v) is 7.85. The number of fused-ring (bicyclic) bond motifs is 2. The normalized spacial score (nSPS) is 31.0. The number of likely N-dealkylation sites (tertiary alicyclic amines) is 1. The first-order valence-electron chi connectivity index (χ1n) is 15.6. The molecule has 1 unspecified atom stereocenters. The molecule has 0 saturated carbocycles. The second kappa shape index (κ2) is 11.8. The van der Waals surface area contributed by atoms with Crippen molar-refractivity contribution >= 4 is 35.0 Å². The number of carbonyl (C=O) groups excluding carboxylic acids is 3. The monoisotopic (exact) mass is 617 g/mol. The number of halogens is 1. The molecule has 2 aromatic carbocycles. The van der Waals surface area contributed by atoms with E-state index in [1.54, 1.807) is 39.0 Å². The van der Waals surface area contributed by atoms with Gasteiger partial charge in [0.1, 0.15) is 11.6 Å². The Bertz CT molecular complexity index is 1480. The van der Waals surface area contributed by atoms with Crippen LogP contribution >= 0.6 is 11.6 Å². The summed E-state index contributed by atoms with van der Waals surface area (Å²) >= 11 is 6.16. The van der Waals surface area contributed by atoms with E-state index >= 15 is 0 Å². The van der Waals surface area contributed by atoms with Crippen LogP contribution in [-0.2, 0) is 25.7 Å². The van der Waals surface area contributed by atoms with Crippen molar-refractivity contribution in [3.8, 4) is 0 Å². The number of amides is 3. The molecule has 4 heterocycles. The molecule has 44 heavy (non-hydrogen) atoms. The zero-order chi connectivity index (χ0) is 31.2. The van der Waals surface area contributed by atoms with Gasteiger partial charge in [0, 0.05) is 30.3 Å². The van der Waals surface area contributed by atoms with Crippen LogP contribution in [0.25, 0.3) is 0 Å². The fourth-order valence-electron chi connectivity index (χ4n) is 7.72. The third-order valence-electron chi connectivity index (χ3n) is 10.2. The lowest BCUT2D eigenvalue weighted by molar-refractivity contribution is -0.154. The first-order valence-corrected chi connectivity index (χ1v) is 16.0. The lowest BCUT2D eigenvalue weighted by Gasteiger charge is -2.42. The molecule has 0 radical (unpaired) electrons. The highest BCUT2D eigenvalue weighted by Crippen LogP contribution is 2.59. The van der Waals surface area contributed by atoms with Crippen LogP contribution in [0.2, 0.25) is 5.02 Å². The van der Waals surface area contributed by atoms with E-state index in [0.717, 1.165) is 5.56 Å². The number of carbonyl (C=O) groups is 3. The molecule has 232 valence electrons. The topological polar surface area (TPSA) is 90.4 Å². The number of hydrogen-bond acceptors (Lipinski definition) is 5. The van der Waals surface area contributed by atoms with E-state index in [0.29, 0.717) is 36.6 Å². The van der Waals surface area contributed by atoms with Crippen LogP contribution in [0.5, 0.6) is 0 Å². The first-order chi connectivity index (χ1) is 21.2. The standard InChI is InChI=1S/C35H40ClN3O5/c1-4-23(3)27(22-40)39-30-33(43)38(26-15-13-25(36)14-16-26)20-10-18-35(30)29(32(39)42)28-31(41)37(21-24-11-7-6-8-12-24)19-9-17-34(28,5-2)44-35/h6-18,23,27-30,40H,4-5,19-22H2,1-3H3/t23-,27-,28-,29-,30?,34+,35-/m0/s1. The number of benzene rings is 2. The third-order valence-corrected chi connectivity index (χ3v) is 10.4. The lowest BCUT2D eigenvalue weighted by atomic mass is 9.73. The summed E-state index contributed by atoms with van der Waals surface area (Å²) in [5.41, 5.74) is -0.835. The average molecular weight is 618 g/mol. The fraction of sp³-hybridized carbons (Fsp3) is 0.457. The molecule has 6 rings (SSSR count). The van der Waals surface area contributed by atoms with E-state index in [2.05, 4.69) is 0 Å². The Labute approximate surface area is 263 Å². The Hall–Kier alpha value is -3.46. The minimum absolute atomic E-state index is 0.0981. The smallest absolute Gasteiger partial charge is 0.253 e. The molecule has 2 fully saturated rings. The molecule has 7 atom stereocenters. The molecule has 4 aliphatic heterocycles. The van der Waals surface area contributed by atoms with Crippen molar-refractivity contribution in [2.24, 2.45) is 17.8 Å². The van der Waals surface area contributed by atoms with Gasteiger partial charge in [-0.05, 0) is 42.2 Å². The van der Waals surface area contributed by atoms with Crippen LogP contribution in [0.4, 0.5) is 5.69 Å². The van der Waals surface area contributed by atoms with Gasteiger partial charge in [0.15, 0.2) is 0 Å². The summed E-state index contributed by atoms with van der Waals surface area (Å²) in [4.78, 5) is 49.2. The number of aliphatic hydroxyl groups is 1. The number of nitrogens with zero attached hydrogens (tertiary/aromatic N) is 3. The second-order valence-electron chi connectivity index (χ2n) is 12.4. The first kappa shape index (κ1) is 30.6. The number of aliphatic hydroxyl groups excluding tert-OH is 1. The van der Waals surface area contributed by atoms with Crippen molar-refractivity contribution in [3.05, 3.63) is 89.5 Å². The van der Waals surface area contributed by atoms with Crippen LogP contribution in [0, 0.1) is 17.8 Å². The SMILES string of the molecule is CC[C@H](C)[C@H](CO)N1C(=O)[C@@H]2[C@H]3C(=O)N(Cc4ccccc4)CC=C[C@@]3(CC)O[C@@]23C=CCN(c2ccc(Cl)cc2)C(=O)C13. The molecule has 3 amide bonds. The van der Waals surface area contributed by atoms with Gasteiger partial charge in [0.25, 0.3) is 5.91 Å².